The van der Waals surface area contributed by atoms with E-state index in [1.807, 2.05) is 0 Å². The van der Waals surface area contributed by atoms with Gasteiger partial charge in [-0.2, -0.15) is 0 Å². The zero-order valence-electron chi connectivity index (χ0n) is 21.1. The van der Waals surface area contributed by atoms with Crippen LogP contribution in [0.2, 0.25) is 0 Å². The van der Waals surface area contributed by atoms with Crippen LogP contribution in [-0.4, -0.2) is 74.0 Å². The molecule has 39 heavy (non-hydrogen) atoms. The summed E-state index contributed by atoms with van der Waals surface area (Å²) in [4.78, 5) is 21.1. The van der Waals surface area contributed by atoms with Crippen LogP contribution in [0.15, 0.2) is 36.4 Å². The van der Waals surface area contributed by atoms with E-state index in [0.29, 0.717) is 58.2 Å². The molecule has 0 atom stereocenters. The van der Waals surface area contributed by atoms with Crippen molar-refractivity contribution in [2.75, 3.05) is 52.5 Å². The van der Waals surface area contributed by atoms with Gasteiger partial charge in [-0.05, 0) is 30.3 Å². The number of hydrogen-bond acceptors (Lipinski definition) is 8. The van der Waals surface area contributed by atoms with E-state index in [2.05, 4.69) is 30.1 Å². The topological polar surface area (TPSA) is 123 Å². The van der Waals surface area contributed by atoms with Gasteiger partial charge in [-0.1, -0.05) is 11.3 Å². The van der Waals surface area contributed by atoms with Gasteiger partial charge in [0.25, 0.3) is 5.91 Å². The van der Waals surface area contributed by atoms with Crippen molar-refractivity contribution in [2.45, 2.75) is 12.9 Å². The molecular formula is C24H27F4N6O4S-. The van der Waals surface area contributed by atoms with Crippen LogP contribution in [0.5, 0.6) is 5.75 Å². The van der Waals surface area contributed by atoms with E-state index in [9.17, 15) is 22.4 Å². The third kappa shape index (κ3) is 8.48. The number of rotatable bonds is 11. The molecule has 2 heterocycles. The van der Waals surface area contributed by atoms with Crippen molar-refractivity contribution in [1.82, 2.24) is 19.9 Å². The lowest BCUT2D eigenvalue weighted by molar-refractivity contribution is -0.274. The summed E-state index contributed by atoms with van der Waals surface area (Å²) in [5.41, 5.74) is 8.40. The summed E-state index contributed by atoms with van der Waals surface area (Å²) in [5, 5.41) is 6.08. The predicted molar refractivity (Wildman–Crippen MR) is 141 cm³/mol. The van der Waals surface area contributed by atoms with Gasteiger partial charge in [-0.15, -0.1) is 19.7 Å². The van der Waals surface area contributed by atoms with Gasteiger partial charge in [0.2, 0.25) is 5.95 Å². The molecule has 0 unspecified atom stereocenters. The standard InChI is InChI=1S/C21H19F4N5O3S.C3H8NO/c1-32-9-7-26-18(31)12-2-5-16-15(10-12)27-19(30(16)8-6-22)29-20-28-14-4-3-13(11-17(14)34-20)33-21(23,24)25;1-5-3-2-4/h2-5,10-11H,6-9H2,1H3,(H,26,31)(H,27,28,29);4H,2-3H2,1H3/q;-1. The number of halogens is 4. The molecule has 4 rings (SSSR count). The van der Waals surface area contributed by atoms with Crippen molar-refractivity contribution in [2.24, 2.45) is 0 Å². The second kappa shape index (κ2) is 14.0. The Hall–Kier alpha value is -3.53. The van der Waals surface area contributed by atoms with Crippen LogP contribution >= 0.6 is 11.3 Å². The fourth-order valence-corrected chi connectivity index (χ4v) is 4.29. The van der Waals surface area contributed by atoms with Gasteiger partial charge in [-0.25, -0.2) is 14.4 Å². The molecule has 212 valence electrons. The highest BCUT2D eigenvalue weighted by Crippen LogP contribution is 2.33. The minimum Gasteiger partial charge on any atom is -0.676 e. The molecule has 0 aliphatic carbocycles. The molecule has 0 saturated carbocycles. The van der Waals surface area contributed by atoms with Gasteiger partial charge in [0, 0.05) is 39.0 Å². The van der Waals surface area contributed by atoms with Crippen LogP contribution in [0.4, 0.5) is 28.6 Å². The first-order valence-corrected chi connectivity index (χ1v) is 12.4. The van der Waals surface area contributed by atoms with E-state index in [1.54, 1.807) is 29.9 Å². The van der Waals surface area contributed by atoms with Crippen LogP contribution < -0.4 is 15.4 Å². The summed E-state index contributed by atoms with van der Waals surface area (Å²) in [6.45, 7) is 1.00. The van der Waals surface area contributed by atoms with Crippen LogP contribution in [-0.2, 0) is 16.0 Å². The Morgan fingerprint density at radius 2 is 1.85 bits per heavy atom. The number of imidazole rings is 1. The number of thiazole rings is 1. The Morgan fingerprint density at radius 1 is 1.08 bits per heavy atom. The van der Waals surface area contributed by atoms with Gasteiger partial charge in [-0.3, -0.25) is 4.79 Å². The third-order valence-electron chi connectivity index (χ3n) is 5.03. The second-order valence-corrected chi connectivity index (χ2v) is 8.82. The van der Waals surface area contributed by atoms with Crippen molar-refractivity contribution in [1.29, 1.82) is 0 Å². The van der Waals surface area contributed by atoms with Crippen molar-refractivity contribution >= 4 is 49.6 Å². The molecule has 15 heteroatoms. The van der Waals surface area contributed by atoms with Crippen molar-refractivity contribution in [3.63, 3.8) is 0 Å². The lowest BCUT2D eigenvalue weighted by Crippen LogP contribution is -2.26. The van der Waals surface area contributed by atoms with E-state index in [4.69, 9.17) is 10.5 Å². The number of carbonyl (C=O) groups is 1. The second-order valence-electron chi connectivity index (χ2n) is 7.79. The Kier molecular flexibility index (Phi) is 10.8. The van der Waals surface area contributed by atoms with E-state index in [-0.39, 0.29) is 24.1 Å². The number of amides is 1. The molecule has 10 nitrogen and oxygen atoms in total. The molecular weight excluding hydrogens is 544 g/mol. The number of benzene rings is 2. The zero-order chi connectivity index (χ0) is 28.4. The van der Waals surface area contributed by atoms with Crippen LogP contribution in [0.1, 0.15) is 10.4 Å². The number of aryl methyl sites for hydroxylation is 1. The molecule has 2 aromatic carbocycles. The summed E-state index contributed by atoms with van der Waals surface area (Å²) < 4.78 is 66.2. The number of fused-ring (bicyclic) bond motifs is 2. The first-order valence-electron chi connectivity index (χ1n) is 11.6. The molecule has 0 radical (unpaired) electrons. The zero-order valence-corrected chi connectivity index (χ0v) is 21.9. The van der Waals surface area contributed by atoms with Crippen LogP contribution in [0.25, 0.3) is 27.0 Å². The summed E-state index contributed by atoms with van der Waals surface area (Å²) in [6, 6.07) is 8.72. The van der Waals surface area contributed by atoms with Crippen LogP contribution in [0, 0.1) is 0 Å². The number of methoxy groups -OCH3 is 2. The minimum atomic E-state index is -4.80. The highest BCUT2D eigenvalue weighted by Gasteiger charge is 2.31. The average Bonchev–Trinajstić information content (AvgIpc) is 3.44. The summed E-state index contributed by atoms with van der Waals surface area (Å²) in [5.74, 6) is -0.358. The summed E-state index contributed by atoms with van der Waals surface area (Å²) in [7, 11) is 3.12. The molecule has 0 aliphatic heterocycles. The quantitative estimate of drug-likeness (QED) is 0.185. The first-order chi connectivity index (χ1) is 18.7. The number of hydrogen-bond donors (Lipinski definition) is 2. The van der Waals surface area contributed by atoms with Gasteiger partial charge in [0.1, 0.15) is 12.4 Å². The fourth-order valence-electron chi connectivity index (χ4n) is 3.40. The van der Waals surface area contributed by atoms with E-state index in [0.717, 1.165) is 11.3 Å². The average molecular weight is 572 g/mol. The number of nitrogens with one attached hydrogen (secondary N) is 3. The third-order valence-corrected chi connectivity index (χ3v) is 5.96. The number of anilines is 2. The maximum Gasteiger partial charge on any atom is 0.573 e. The normalized spacial score (nSPS) is 11.4. The molecule has 0 aliphatic rings. The Bertz CT molecular complexity index is 1380. The predicted octanol–water partition coefficient (Wildman–Crippen LogP) is 5.32. The fraction of sp³-hybridized carbons (Fsp3) is 0.375. The minimum absolute atomic E-state index is 0.00663. The number of carbonyl (C=O) groups excluding carboxylic acids is 1. The van der Waals surface area contributed by atoms with Gasteiger partial charge in [0.05, 0.1) is 34.4 Å². The van der Waals surface area contributed by atoms with Crippen molar-refractivity contribution < 1.29 is 36.6 Å². The summed E-state index contributed by atoms with van der Waals surface area (Å²) in [6.07, 6.45) is -4.80. The molecule has 4 aromatic rings. The smallest absolute Gasteiger partial charge is 0.573 e. The monoisotopic (exact) mass is 571 g/mol. The lowest BCUT2D eigenvalue weighted by Gasteiger charge is -2.07. The number of ether oxygens (including phenoxy) is 3. The Labute approximate surface area is 225 Å². The number of alkyl halides is 4. The van der Waals surface area contributed by atoms with Gasteiger partial charge in [0.15, 0.2) is 5.13 Å². The van der Waals surface area contributed by atoms with Gasteiger partial charge < -0.3 is 35.1 Å². The van der Waals surface area contributed by atoms with Crippen molar-refractivity contribution in [3.8, 4) is 5.75 Å². The van der Waals surface area contributed by atoms with E-state index in [1.165, 1.54) is 25.3 Å². The lowest BCUT2D eigenvalue weighted by atomic mass is 10.2. The molecule has 0 bridgehead atoms. The maximum absolute atomic E-state index is 13.3. The Morgan fingerprint density at radius 3 is 2.49 bits per heavy atom. The molecule has 0 fully saturated rings. The van der Waals surface area contributed by atoms with Gasteiger partial charge >= 0.3 is 6.36 Å². The molecule has 1 amide bonds. The van der Waals surface area contributed by atoms with E-state index < -0.39 is 13.0 Å². The maximum atomic E-state index is 13.3. The van der Waals surface area contributed by atoms with Crippen LogP contribution in [0.3, 0.4) is 0 Å². The largest absolute Gasteiger partial charge is 0.676 e. The molecule has 3 N–H and O–H groups in total. The highest BCUT2D eigenvalue weighted by atomic mass is 32.1. The first kappa shape index (κ1) is 30.0. The highest BCUT2D eigenvalue weighted by molar-refractivity contribution is 7.22. The number of nitrogens with zero attached hydrogens (tertiary/aromatic N) is 3. The summed E-state index contributed by atoms with van der Waals surface area (Å²) >= 11 is 1.10. The Balaban J connectivity index is 0.000000771. The van der Waals surface area contributed by atoms with E-state index >= 15 is 0 Å². The van der Waals surface area contributed by atoms with Crippen molar-refractivity contribution in [3.05, 3.63) is 47.7 Å². The molecule has 0 spiro atoms. The molecule has 0 saturated heterocycles. The molecule has 2 aromatic heterocycles. The number of aromatic nitrogens is 3. The SMILES string of the molecule is COCCNC(=O)c1ccc2c(c1)nc(Nc1nc3ccc(OC(F)(F)F)cc3s1)n2CCF.COCC[NH-].